The van der Waals surface area contributed by atoms with Crippen LogP contribution in [0.1, 0.15) is 52.4 Å². The maximum absolute atomic E-state index is 4.57. The number of aryl methyl sites for hydroxylation is 3. The summed E-state index contributed by atoms with van der Waals surface area (Å²) in [5.41, 5.74) is 4.00. The van der Waals surface area contributed by atoms with Crippen molar-refractivity contribution in [3.63, 3.8) is 0 Å². The van der Waals surface area contributed by atoms with Gasteiger partial charge in [-0.15, -0.1) is 11.3 Å². The standard InChI is InChI=1S/C18H24N2S/c1-3-19-16(11-15-9-8-13(2)12-20-15)18-10-14-6-4-5-7-17(14)21-18/h8-10,12,16,19H,3-7,11H2,1-2H3. The highest BCUT2D eigenvalue weighted by molar-refractivity contribution is 7.12. The van der Waals surface area contributed by atoms with E-state index in [0.29, 0.717) is 6.04 Å². The zero-order chi connectivity index (χ0) is 14.7. The largest absolute Gasteiger partial charge is 0.309 e. The van der Waals surface area contributed by atoms with E-state index in [1.807, 2.05) is 17.5 Å². The highest BCUT2D eigenvalue weighted by Crippen LogP contribution is 2.33. The fraction of sp³-hybridized carbons (Fsp3) is 0.500. The topological polar surface area (TPSA) is 24.9 Å². The average molecular weight is 300 g/mol. The minimum absolute atomic E-state index is 0.404. The van der Waals surface area contributed by atoms with Crippen molar-refractivity contribution in [3.05, 3.63) is 51.0 Å². The molecule has 112 valence electrons. The number of aromatic nitrogens is 1. The van der Waals surface area contributed by atoms with E-state index in [1.165, 1.54) is 41.8 Å². The number of nitrogens with one attached hydrogen (secondary N) is 1. The molecule has 0 saturated carbocycles. The number of hydrogen-bond donors (Lipinski definition) is 1. The van der Waals surface area contributed by atoms with Crippen LogP contribution < -0.4 is 5.32 Å². The molecule has 0 fully saturated rings. The second kappa shape index (κ2) is 6.71. The Morgan fingerprint density at radius 2 is 2.14 bits per heavy atom. The lowest BCUT2D eigenvalue weighted by Crippen LogP contribution is -2.22. The van der Waals surface area contributed by atoms with E-state index < -0.39 is 0 Å². The van der Waals surface area contributed by atoms with Crippen molar-refractivity contribution in [2.45, 2.75) is 52.0 Å². The summed E-state index contributed by atoms with van der Waals surface area (Å²) in [5.74, 6) is 0. The van der Waals surface area contributed by atoms with Gasteiger partial charge in [-0.2, -0.15) is 0 Å². The van der Waals surface area contributed by atoms with Gasteiger partial charge in [-0.25, -0.2) is 0 Å². The summed E-state index contributed by atoms with van der Waals surface area (Å²) >= 11 is 2.02. The molecule has 0 aromatic carbocycles. The smallest absolute Gasteiger partial charge is 0.0470 e. The van der Waals surface area contributed by atoms with Crippen LogP contribution in [0, 0.1) is 6.92 Å². The van der Waals surface area contributed by atoms with Gasteiger partial charge >= 0.3 is 0 Å². The van der Waals surface area contributed by atoms with Crippen molar-refractivity contribution in [1.82, 2.24) is 10.3 Å². The molecule has 0 amide bonds. The Kier molecular flexibility index (Phi) is 4.71. The molecule has 2 nitrogen and oxygen atoms in total. The van der Waals surface area contributed by atoms with Crippen LogP contribution in [0.4, 0.5) is 0 Å². The van der Waals surface area contributed by atoms with E-state index in [9.17, 15) is 0 Å². The molecule has 2 aromatic heterocycles. The van der Waals surface area contributed by atoms with Gasteiger partial charge in [0.05, 0.1) is 0 Å². The molecule has 0 saturated heterocycles. The summed E-state index contributed by atoms with van der Waals surface area (Å²) in [6, 6.07) is 7.17. The molecule has 3 rings (SSSR count). The quantitative estimate of drug-likeness (QED) is 0.894. The fourth-order valence-electron chi connectivity index (χ4n) is 3.03. The van der Waals surface area contributed by atoms with Crippen LogP contribution in [0.2, 0.25) is 0 Å². The number of nitrogens with zero attached hydrogens (tertiary/aromatic N) is 1. The van der Waals surface area contributed by atoms with Gasteiger partial charge < -0.3 is 5.32 Å². The summed E-state index contributed by atoms with van der Waals surface area (Å²) < 4.78 is 0. The van der Waals surface area contributed by atoms with Gasteiger partial charge in [-0.1, -0.05) is 13.0 Å². The SMILES string of the molecule is CCNC(Cc1ccc(C)cn1)c1cc2c(s1)CCCC2. The molecular weight excluding hydrogens is 276 g/mol. The molecule has 1 unspecified atom stereocenters. The molecule has 0 spiro atoms. The van der Waals surface area contributed by atoms with E-state index in [0.717, 1.165) is 13.0 Å². The Labute approximate surface area is 131 Å². The monoisotopic (exact) mass is 300 g/mol. The molecule has 21 heavy (non-hydrogen) atoms. The third-order valence-corrected chi connectivity index (χ3v) is 5.55. The molecule has 3 heteroatoms. The molecule has 1 N–H and O–H groups in total. The lowest BCUT2D eigenvalue weighted by atomic mass is 9.98. The minimum atomic E-state index is 0.404. The average Bonchev–Trinajstić information content (AvgIpc) is 2.93. The zero-order valence-corrected chi connectivity index (χ0v) is 13.8. The molecule has 2 aromatic rings. The van der Waals surface area contributed by atoms with Gasteiger partial charge in [-0.3, -0.25) is 4.98 Å². The first-order valence-corrected chi connectivity index (χ1v) is 8.84. The highest BCUT2D eigenvalue weighted by Gasteiger charge is 2.19. The molecule has 0 radical (unpaired) electrons. The highest BCUT2D eigenvalue weighted by atomic mass is 32.1. The van der Waals surface area contributed by atoms with E-state index >= 15 is 0 Å². The van der Waals surface area contributed by atoms with Crippen LogP contribution in [0.15, 0.2) is 24.4 Å². The van der Waals surface area contributed by atoms with Crippen molar-refractivity contribution in [2.24, 2.45) is 0 Å². The Morgan fingerprint density at radius 3 is 2.86 bits per heavy atom. The fourth-order valence-corrected chi connectivity index (χ4v) is 4.37. The second-order valence-corrected chi connectivity index (χ2v) is 7.11. The van der Waals surface area contributed by atoms with Crippen molar-refractivity contribution in [1.29, 1.82) is 0 Å². The van der Waals surface area contributed by atoms with E-state index in [2.05, 4.69) is 42.3 Å². The Morgan fingerprint density at radius 1 is 1.29 bits per heavy atom. The van der Waals surface area contributed by atoms with Crippen molar-refractivity contribution >= 4 is 11.3 Å². The van der Waals surface area contributed by atoms with Crippen molar-refractivity contribution < 1.29 is 0 Å². The van der Waals surface area contributed by atoms with Crippen molar-refractivity contribution in [2.75, 3.05) is 6.54 Å². The maximum atomic E-state index is 4.57. The van der Waals surface area contributed by atoms with E-state index in [-0.39, 0.29) is 0 Å². The number of likely N-dealkylation sites (N-methyl/N-ethyl adjacent to an activating group) is 1. The minimum Gasteiger partial charge on any atom is -0.309 e. The van der Waals surface area contributed by atoms with Gasteiger partial charge in [0.1, 0.15) is 0 Å². The van der Waals surface area contributed by atoms with Crippen LogP contribution in [-0.2, 0) is 19.3 Å². The van der Waals surface area contributed by atoms with Gasteiger partial charge in [0.2, 0.25) is 0 Å². The third kappa shape index (κ3) is 3.53. The predicted molar refractivity (Wildman–Crippen MR) is 90.1 cm³/mol. The summed E-state index contributed by atoms with van der Waals surface area (Å²) in [4.78, 5) is 7.69. The lowest BCUT2D eigenvalue weighted by Gasteiger charge is -2.16. The summed E-state index contributed by atoms with van der Waals surface area (Å²) in [6.45, 7) is 5.27. The molecule has 1 aliphatic carbocycles. The Bertz CT molecular complexity index is 562. The van der Waals surface area contributed by atoms with Gasteiger partial charge in [0, 0.05) is 34.1 Å². The third-order valence-electron chi connectivity index (χ3n) is 4.20. The molecule has 0 aliphatic heterocycles. The number of thiophene rings is 1. The van der Waals surface area contributed by atoms with Crippen LogP contribution in [0.3, 0.4) is 0 Å². The van der Waals surface area contributed by atoms with Crippen LogP contribution in [-0.4, -0.2) is 11.5 Å². The molecule has 1 aliphatic rings. The Hall–Kier alpha value is -1.19. The first-order valence-electron chi connectivity index (χ1n) is 8.02. The molecule has 2 heterocycles. The number of fused-ring (bicyclic) bond motifs is 1. The van der Waals surface area contributed by atoms with Crippen LogP contribution >= 0.6 is 11.3 Å². The van der Waals surface area contributed by atoms with E-state index in [4.69, 9.17) is 0 Å². The summed E-state index contributed by atoms with van der Waals surface area (Å²) in [7, 11) is 0. The molecule has 0 bridgehead atoms. The van der Waals surface area contributed by atoms with Crippen LogP contribution in [0.25, 0.3) is 0 Å². The van der Waals surface area contributed by atoms with Gasteiger partial charge in [0.25, 0.3) is 0 Å². The Balaban J connectivity index is 1.80. The number of rotatable bonds is 5. The van der Waals surface area contributed by atoms with Crippen LogP contribution in [0.5, 0.6) is 0 Å². The molecule has 1 atom stereocenters. The predicted octanol–water partition coefficient (Wildman–Crippen LogP) is 4.22. The first-order chi connectivity index (χ1) is 10.3. The maximum Gasteiger partial charge on any atom is 0.0470 e. The second-order valence-electron chi connectivity index (χ2n) is 5.95. The zero-order valence-electron chi connectivity index (χ0n) is 13.0. The van der Waals surface area contributed by atoms with Gasteiger partial charge in [-0.05, 0) is 62.4 Å². The number of pyridine rings is 1. The summed E-state index contributed by atoms with van der Waals surface area (Å²) in [6.07, 6.45) is 8.22. The molecular formula is C18H24N2S. The van der Waals surface area contributed by atoms with Crippen molar-refractivity contribution in [3.8, 4) is 0 Å². The normalized spacial score (nSPS) is 15.7. The van der Waals surface area contributed by atoms with Gasteiger partial charge in [0.15, 0.2) is 0 Å². The lowest BCUT2D eigenvalue weighted by molar-refractivity contribution is 0.552. The summed E-state index contributed by atoms with van der Waals surface area (Å²) in [5, 5.41) is 3.64. The van der Waals surface area contributed by atoms with E-state index in [1.54, 1.807) is 10.4 Å². The number of hydrogen-bond acceptors (Lipinski definition) is 3. The first kappa shape index (κ1) is 14.7.